The van der Waals surface area contributed by atoms with Crippen LogP contribution in [0.15, 0.2) is 42.7 Å². The van der Waals surface area contributed by atoms with Crippen LogP contribution in [0.3, 0.4) is 0 Å². The normalized spacial score (nSPS) is 14.9. The number of piperidine rings is 1. The fourth-order valence-electron chi connectivity index (χ4n) is 2.75. The second-order valence-corrected chi connectivity index (χ2v) is 5.03. The Morgan fingerprint density at radius 1 is 1.05 bits per heavy atom. The molecule has 2 aromatic rings. The average molecular weight is 327 g/mol. The molecule has 1 aliphatic heterocycles. The van der Waals surface area contributed by atoms with E-state index < -0.39 is 0 Å². The van der Waals surface area contributed by atoms with Gasteiger partial charge in [-0.3, -0.25) is 4.79 Å². The van der Waals surface area contributed by atoms with Gasteiger partial charge in [0.15, 0.2) is 5.78 Å². The van der Waals surface area contributed by atoms with Gasteiger partial charge in [-0.1, -0.05) is 24.3 Å². The van der Waals surface area contributed by atoms with Gasteiger partial charge in [0, 0.05) is 23.9 Å². The van der Waals surface area contributed by atoms with Crippen LogP contribution in [0.25, 0.3) is 11.1 Å². The SMILES string of the molecule is Cl.Cl.O=C(c1ccccc1-c1cc[nH]c1)C1CCNCC1. The molecule has 1 fully saturated rings. The third-order valence-electron chi connectivity index (χ3n) is 3.81. The third-order valence-corrected chi connectivity index (χ3v) is 3.81. The van der Waals surface area contributed by atoms with Gasteiger partial charge in [0.25, 0.3) is 0 Å². The van der Waals surface area contributed by atoms with Gasteiger partial charge in [0.1, 0.15) is 0 Å². The summed E-state index contributed by atoms with van der Waals surface area (Å²) in [6.07, 6.45) is 5.72. The molecular weight excluding hydrogens is 307 g/mol. The molecule has 21 heavy (non-hydrogen) atoms. The highest BCUT2D eigenvalue weighted by Crippen LogP contribution is 2.27. The Labute approximate surface area is 137 Å². The Morgan fingerprint density at radius 3 is 2.43 bits per heavy atom. The monoisotopic (exact) mass is 326 g/mol. The van der Waals surface area contributed by atoms with Gasteiger partial charge in [-0.25, -0.2) is 0 Å². The summed E-state index contributed by atoms with van der Waals surface area (Å²) in [7, 11) is 0. The third kappa shape index (κ3) is 3.88. The highest BCUT2D eigenvalue weighted by atomic mass is 35.5. The number of nitrogens with one attached hydrogen (secondary N) is 2. The van der Waals surface area contributed by atoms with Crippen LogP contribution >= 0.6 is 24.8 Å². The summed E-state index contributed by atoms with van der Waals surface area (Å²) in [6, 6.07) is 9.92. The molecule has 0 spiro atoms. The molecule has 114 valence electrons. The summed E-state index contributed by atoms with van der Waals surface area (Å²) >= 11 is 0. The number of hydrogen-bond acceptors (Lipinski definition) is 2. The molecule has 3 nitrogen and oxygen atoms in total. The van der Waals surface area contributed by atoms with Crippen molar-refractivity contribution in [2.75, 3.05) is 13.1 Å². The van der Waals surface area contributed by atoms with Crippen LogP contribution in [0.1, 0.15) is 23.2 Å². The van der Waals surface area contributed by atoms with Gasteiger partial charge in [-0.2, -0.15) is 0 Å². The molecule has 0 atom stereocenters. The lowest BCUT2D eigenvalue weighted by Crippen LogP contribution is -2.32. The van der Waals surface area contributed by atoms with E-state index in [0.717, 1.165) is 42.6 Å². The van der Waals surface area contributed by atoms with Crippen molar-refractivity contribution in [3.05, 3.63) is 48.3 Å². The molecule has 2 N–H and O–H groups in total. The molecule has 0 radical (unpaired) electrons. The van der Waals surface area contributed by atoms with Gasteiger partial charge in [0.2, 0.25) is 0 Å². The lowest BCUT2D eigenvalue weighted by atomic mass is 9.86. The summed E-state index contributed by atoms with van der Waals surface area (Å²) < 4.78 is 0. The molecule has 0 unspecified atom stereocenters. The largest absolute Gasteiger partial charge is 0.367 e. The maximum Gasteiger partial charge on any atom is 0.166 e. The number of H-pyrrole nitrogens is 1. The minimum Gasteiger partial charge on any atom is -0.367 e. The van der Waals surface area contributed by atoms with Gasteiger partial charge in [0.05, 0.1) is 0 Å². The number of halogens is 2. The first-order valence-corrected chi connectivity index (χ1v) is 6.83. The number of aromatic nitrogens is 1. The van der Waals surface area contributed by atoms with Crippen LogP contribution in [0.5, 0.6) is 0 Å². The topological polar surface area (TPSA) is 44.9 Å². The van der Waals surface area contributed by atoms with E-state index in [-0.39, 0.29) is 30.7 Å². The Morgan fingerprint density at radius 2 is 1.76 bits per heavy atom. The van der Waals surface area contributed by atoms with E-state index >= 15 is 0 Å². The molecule has 0 aliphatic carbocycles. The highest BCUT2D eigenvalue weighted by Gasteiger charge is 2.24. The highest BCUT2D eigenvalue weighted by molar-refractivity contribution is 6.03. The summed E-state index contributed by atoms with van der Waals surface area (Å²) in [6.45, 7) is 1.89. The Balaban J connectivity index is 0.00000110. The first-order chi connectivity index (χ1) is 9.36. The van der Waals surface area contributed by atoms with Crippen LogP contribution in [-0.2, 0) is 0 Å². The predicted octanol–water partition coefficient (Wildman–Crippen LogP) is 3.71. The van der Waals surface area contributed by atoms with Crippen LogP contribution in [-0.4, -0.2) is 23.9 Å². The second-order valence-electron chi connectivity index (χ2n) is 5.03. The molecule has 1 saturated heterocycles. The number of aromatic amines is 1. The van der Waals surface area contributed by atoms with Crippen molar-refractivity contribution in [3.8, 4) is 11.1 Å². The number of carbonyl (C=O) groups excluding carboxylic acids is 1. The fraction of sp³-hybridized carbons (Fsp3) is 0.312. The number of Topliss-reactive ketones (excluding diaryl/α,β-unsaturated/α-hetero) is 1. The van der Waals surface area contributed by atoms with Crippen molar-refractivity contribution < 1.29 is 4.79 Å². The van der Waals surface area contributed by atoms with Crippen LogP contribution in [0.2, 0.25) is 0 Å². The first-order valence-electron chi connectivity index (χ1n) is 6.83. The van der Waals surface area contributed by atoms with Gasteiger partial charge in [-0.15, -0.1) is 24.8 Å². The molecule has 1 aromatic carbocycles. The molecular formula is C16H20Cl2N2O. The van der Waals surface area contributed by atoms with Gasteiger partial charge < -0.3 is 10.3 Å². The summed E-state index contributed by atoms with van der Waals surface area (Å²) in [4.78, 5) is 15.7. The van der Waals surface area contributed by atoms with Crippen molar-refractivity contribution in [2.24, 2.45) is 5.92 Å². The summed E-state index contributed by atoms with van der Waals surface area (Å²) in [5.41, 5.74) is 2.97. The Bertz CT molecular complexity index is 563. The number of ketones is 1. The maximum absolute atomic E-state index is 12.7. The standard InChI is InChI=1S/C16H18N2O.2ClH/c19-16(12-5-8-17-9-6-12)15-4-2-1-3-14(15)13-7-10-18-11-13;;/h1-4,7,10-12,17-18H,5-6,8-9H2;2*1H. The van der Waals surface area contributed by atoms with Crippen molar-refractivity contribution in [1.29, 1.82) is 0 Å². The van der Waals surface area contributed by atoms with Crippen LogP contribution in [0, 0.1) is 5.92 Å². The molecule has 2 heterocycles. The lowest BCUT2D eigenvalue weighted by molar-refractivity contribution is 0.0896. The Hall–Kier alpha value is -1.29. The van der Waals surface area contributed by atoms with E-state index in [1.165, 1.54) is 0 Å². The molecule has 1 aromatic heterocycles. The van der Waals surface area contributed by atoms with Crippen LogP contribution < -0.4 is 5.32 Å². The minimum absolute atomic E-state index is 0. The minimum atomic E-state index is 0. The smallest absolute Gasteiger partial charge is 0.166 e. The molecule has 0 bridgehead atoms. The van der Waals surface area contributed by atoms with E-state index in [9.17, 15) is 4.79 Å². The fourth-order valence-corrected chi connectivity index (χ4v) is 2.75. The Kier molecular flexibility index (Phi) is 6.96. The number of benzene rings is 1. The summed E-state index contributed by atoms with van der Waals surface area (Å²) in [5, 5.41) is 3.31. The lowest BCUT2D eigenvalue weighted by Gasteiger charge is -2.22. The first kappa shape index (κ1) is 17.8. The number of rotatable bonds is 3. The van der Waals surface area contributed by atoms with Crippen molar-refractivity contribution in [1.82, 2.24) is 10.3 Å². The molecule has 5 heteroatoms. The zero-order valence-electron chi connectivity index (χ0n) is 11.7. The number of hydrogen-bond donors (Lipinski definition) is 2. The van der Waals surface area contributed by atoms with E-state index in [1.807, 2.05) is 42.7 Å². The summed E-state index contributed by atoms with van der Waals surface area (Å²) in [5.74, 6) is 0.458. The van der Waals surface area contributed by atoms with Crippen molar-refractivity contribution in [3.63, 3.8) is 0 Å². The van der Waals surface area contributed by atoms with E-state index in [4.69, 9.17) is 0 Å². The van der Waals surface area contributed by atoms with Gasteiger partial charge >= 0.3 is 0 Å². The van der Waals surface area contributed by atoms with Crippen molar-refractivity contribution >= 4 is 30.6 Å². The number of carbonyl (C=O) groups is 1. The van der Waals surface area contributed by atoms with Gasteiger partial charge in [-0.05, 0) is 43.1 Å². The zero-order valence-corrected chi connectivity index (χ0v) is 13.3. The average Bonchev–Trinajstić information content (AvgIpc) is 3.01. The second kappa shape index (κ2) is 8.23. The quantitative estimate of drug-likeness (QED) is 0.844. The molecule has 0 amide bonds. The zero-order chi connectivity index (χ0) is 13.1. The maximum atomic E-state index is 12.7. The van der Waals surface area contributed by atoms with E-state index in [0.29, 0.717) is 5.78 Å². The van der Waals surface area contributed by atoms with Crippen molar-refractivity contribution in [2.45, 2.75) is 12.8 Å². The van der Waals surface area contributed by atoms with E-state index in [1.54, 1.807) is 0 Å². The van der Waals surface area contributed by atoms with E-state index in [2.05, 4.69) is 10.3 Å². The van der Waals surface area contributed by atoms with Crippen LogP contribution in [0.4, 0.5) is 0 Å². The molecule has 0 saturated carbocycles. The molecule has 3 rings (SSSR count). The molecule has 1 aliphatic rings. The predicted molar refractivity (Wildman–Crippen MR) is 90.6 cm³/mol.